The van der Waals surface area contributed by atoms with E-state index >= 15 is 0 Å². The largest absolute Gasteiger partial charge is 0.481 e. The average molecular weight is 334 g/mol. The summed E-state index contributed by atoms with van der Waals surface area (Å²) in [6, 6.07) is 0. The van der Waals surface area contributed by atoms with Crippen LogP contribution in [0.25, 0.3) is 0 Å². The molecule has 0 saturated carbocycles. The molecule has 0 aromatic heterocycles. The molecule has 0 rings (SSSR count). The molecule has 1 unspecified atom stereocenters. The molecule has 1 atom stereocenters. The molecule has 1 N–H and O–H groups in total. The summed E-state index contributed by atoms with van der Waals surface area (Å²) in [6.45, 7) is 1.70. The van der Waals surface area contributed by atoms with E-state index < -0.39 is 21.6 Å². The Labute approximate surface area is 128 Å². The van der Waals surface area contributed by atoms with Gasteiger partial charge < -0.3 is 9.84 Å². The second kappa shape index (κ2) is 9.67. The van der Waals surface area contributed by atoms with E-state index in [1.165, 1.54) is 0 Å². The highest BCUT2D eigenvalue weighted by atomic mass is 35.6. The number of alkyl halides is 3. The Kier molecular flexibility index (Phi) is 9.58. The number of ether oxygens (including phenoxy) is 1. The minimum absolute atomic E-state index is 0.192. The molecule has 0 bridgehead atoms. The first kappa shape index (κ1) is 18.8. The summed E-state index contributed by atoms with van der Waals surface area (Å²) in [5, 5.41) is 9.02. The summed E-state index contributed by atoms with van der Waals surface area (Å²) < 4.78 is 3.05. The van der Waals surface area contributed by atoms with Gasteiger partial charge in [0.15, 0.2) is 0 Å². The molecule has 0 fully saturated rings. The van der Waals surface area contributed by atoms with E-state index in [1.54, 1.807) is 0 Å². The van der Waals surface area contributed by atoms with Gasteiger partial charge in [0.1, 0.15) is 6.61 Å². The topological polar surface area (TPSA) is 63.6 Å². The van der Waals surface area contributed by atoms with Crippen molar-refractivity contribution in [2.45, 2.75) is 49.2 Å². The number of carbonyl (C=O) groups excluding carboxylic acids is 1. The summed E-state index contributed by atoms with van der Waals surface area (Å²) in [5.41, 5.74) is 0. The van der Waals surface area contributed by atoms with Crippen molar-refractivity contribution in [3.05, 3.63) is 0 Å². The quantitative estimate of drug-likeness (QED) is 0.394. The van der Waals surface area contributed by atoms with E-state index in [4.69, 9.17) is 44.6 Å². The third-order valence-electron chi connectivity index (χ3n) is 2.57. The van der Waals surface area contributed by atoms with Crippen molar-refractivity contribution in [3.63, 3.8) is 0 Å². The Morgan fingerprint density at radius 2 is 1.84 bits per heavy atom. The van der Waals surface area contributed by atoms with Gasteiger partial charge in [-0.3, -0.25) is 9.59 Å². The van der Waals surface area contributed by atoms with Gasteiger partial charge in [0.2, 0.25) is 3.79 Å². The minimum atomic E-state index is -1.67. The second-order valence-corrected chi connectivity index (χ2v) is 6.88. The lowest BCUT2D eigenvalue weighted by molar-refractivity contribution is -0.151. The monoisotopic (exact) mass is 332 g/mol. The fourth-order valence-electron chi connectivity index (χ4n) is 1.55. The molecule has 7 heteroatoms. The molecule has 0 aliphatic heterocycles. The SMILES string of the molecule is CCCCCCC(CC(=O)OCC(Cl)(Cl)Cl)C(=O)O. The van der Waals surface area contributed by atoms with Crippen molar-refractivity contribution in [1.82, 2.24) is 0 Å². The van der Waals surface area contributed by atoms with Crippen LogP contribution in [0.15, 0.2) is 0 Å². The number of hydrogen-bond donors (Lipinski definition) is 1. The Hall–Kier alpha value is -0.190. The van der Waals surface area contributed by atoms with Crippen LogP contribution < -0.4 is 0 Å². The number of halogens is 3. The number of carboxylic acid groups (broad SMARTS) is 1. The molecule has 0 saturated heterocycles. The maximum Gasteiger partial charge on any atom is 0.307 e. The highest BCUT2D eigenvalue weighted by molar-refractivity contribution is 6.67. The maximum absolute atomic E-state index is 11.4. The summed E-state index contributed by atoms with van der Waals surface area (Å²) in [4.78, 5) is 22.4. The van der Waals surface area contributed by atoms with Crippen molar-refractivity contribution in [1.29, 1.82) is 0 Å². The normalized spacial score (nSPS) is 13.1. The Bertz CT molecular complexity index is 289. The summed E-state index contributed by atoms with van der Waals surface area (Å²) in [7, 11) is 0. The van der Waals surface area contributed by atoms with Crippen LogP contribution in [0.5, 0.6) is 0 Å². The Balaban J connectivity index is 4.05. The number of hydrogen-bond acceptors (Lipinski definition) is 3. The zero-order valence-electron chi connectivity index (χ0n) is 10.8. The van der Waals surface area contributed by atoms with Crippen LogP contribution in [0.1, 0.15) is 45.4 Å². The van der Waals surface area contributed by atoms with Crippen LogP contribution in [0.2, 0.25) is 0 Å². The predicted molar refractivity (Wildman–Crippen MR) is 75.8 cm³/mol. The van der Waals surface area contributed by atoms with Crippen LogP contribution in [0, 0.1) is 5.92 Å². The molecule has 0 heterocycles. The molecule has 112 valence electrons. The number of rotatable bonds is 9. The lowest BCUT2D eigenvalue weighted by atomic mass is 9.98. The van der Waals surface area contributed by atoms with Gasteiger partial charge in [0.05, 0.1) is 12.3 Å². The van der Waals surface area contributed by atoms with Crippen LogP contribution in [0.3, 0.4) is 0 Å². The summed E-state index contributed by atoms with van der Waals surface area (Å²) >= 11 is 16.3. The minimum Gasteiger partial charge on any atom is -0.481 e. The summed E-state index contributed by atoms with van der Waals surface area (Å²) in [5.74, 6) is -2.39. The van der Waals surface area contributed by atoms with Gasteiger partial charge in [-0.15, -0.1) is 0 Å². The standard InChI is InChI=1S/C12H19Cl3O4/c1-2-3-4-5-6-9(11(17)18)7-10(16)19-8-12(13,14)15/h9H,2-8H2,1H3,(H,17,18). The fourth-order valence-corrected chi connectivity index (χ4v) is 1.72. The van der Waals surface area contributed by atoms with Gasteiger partial charge in [-0.2, -0.15) is 0 Å². The first-order valence-corrected chi connectivity index (χ1v) is 7.34. The van der Waals surface area contributed by atoms with Gasteiger partial charge in [-0.1, -0.05) is 67.4 Å². The van der Waals surface area contributed by atoms with Crippen LogP contribution >= 0.6 is 34.8 Å². The zero-order chi connectivity index (χ0) is 14.9. The molecule has 0 radical (unpaired) electrons. The molecule has 0 aromatic rings. The Morgan fingerprint density at radius 3 is 2.32 bits per heavy atom. The molecule has 0 aliphatic carbocycles. The van der Waals surface area contributed by atoms with Crippen LogP contribution in [-0.2, 0) is 14.3 Å². The highest BCUT2D eigenvalue weighted by Gasteiger charge is 2.25. The van der Waals surface area contributed by atoms with Crippen molar-refractivity contribution in [2.24, 2.45) is 5.92 Å². The van der Waals surface area contributed by atoms with E-state index in [0.717, 1.165) is 25.7 Å². The third-order valence-corrected chi connectivity index (χ3v) is 2.89. The molecular weight excluding hydrogens is 314 g/mol. The smallest absolute Gasteiger partial charge is 0.307 e. The molecular formula is C12H19Cl3O4. The van der Waals surface area contributed by atoms with Gasteiger partial charge in [0.25, 0.3) is 0 Å². The van der Waals surface area contributed by atoms with Gasteiger partial charge in [-0.05, 0) is 6.42 Å². The molecule has 0 aromatic carbocycles. The summed E-state index contributed by atoms with van der Waals surface area (Å²) in [6.07, 6.45) is 4.14. The van der Waals surface area contributed by atoms with Gasteiger partial charge >= 0.3 is 11.9 Å². The lowest BCUT2D eigenvalue weighted by Crippen LogP contribution is -2.22. The van der Waals surface area contributed by atoms with E-state index in [0.29, 0.717) is 6.42 Å². The number of unbranched alkanes of at least 4 members (excludes halogenated alkanes) is 3. The zero-order valence-corrected chi connectivity index (χ0v) is 13.1. The van der Waals surface area contributed by atoms with Gasteiger partial charge in [-0.25, -0.2) is 0 Å². The van der Waals surface area contributed by atoms with Crippen molar-refractivity contribution < 1.29 is 19.4 Å². The third kappa shape index (κ3) is 11.3. The second-order valence-electron chi connectivity index (χ2n) is 4.36. The van der Waals surface area contributed by atoms with Crippen molar-refractivity contribution in [2.75, 3.05) is 6.61 Å². The lowest BCUT2D eigenvalue weighted by Gasteiger charge is -2.14. The Morgan fingerprint density at radius 1 is 1.21 bits per heavy atom. The number of aliphatic carboxylic acids is 1. The van der Waals surface area contributed by atoms with E-state index in [9.17, 15) is 9.59 Å². The predicted octanol–water partition coefficient (Wildman–Crippen LogP) is 3.96. The maximum atomic E-state index is 11.4. The molecule has 19 heavy (non-hydrogen) atoms. The molecule has 0 spiro atoms. The van der Waals surface area contributed by atoms with E-state index in [-0.39, 0.29) is 13.0 Å². The number of carboxylic acids is 1. The molecule has 0 amide bonds. The van der Waals surface area contributed by atoms with E-state index in [1.807, 2.05) is 0 Å². The molecule has 4 nitrogen and oxygen atoms in total. The highest BCUT2D eigenvalue weighted by Crippen LogP contribution is 2.26. The van der Waals surface area contributed by atoms with Crippen molar-refractivity contribution in [3.8, 4) is 0 Å². The van der Waals surface area contributed by atoms with Crippen LogP contribution in [0.4, 0.5) is 0 Å². The van der Waals surface area contributed by atoms with Gasteiger partial charge in [0, 0.05) is 0 Å². The van der Waals surface area contributed by atoms with Crippen molar-refractivity contribution >= 4 is 46.7 Å². The number of esters is 1. The van der Waals surface area contributed by atoms with Crippen LogP contribution in [-0.4, -0.2) is 27.4 Å². The van der Waals surface area contributed by atoms with E-state index in [2.05, 4.69) is 6.92 Å². The molecule has 0 aliphatic rings. The fraction of sp³-hybridized carbons (Fsp3) is 0.833. The average Bonchev–Trinajstić information content (AvgIpc) is 2.29. The number of carbonyl (C=O) groups is 2. The first-order valence-electron chi connectivity index (χ1n) is 6.21. The first-order chi connectivity index (χ1) is 8.76.